The van der Waals surface area contributed by atoms with Gasteiger partial charge in [-0.25, -0.2) is 4.79 Å². The molecule has 0 bridgehead atoms. The first-order valence-corrected chi connectivity index (χ1v) is 9.02. The van der Waals surface area contributed by atoms with E-state index in [9.17, 15) is 19.5 Å². The van der Waals surface area contributed by atoms with Crippen LogP contribution in [0.5, 0.6) is 0 Å². The Bertz CT molecular complexity index is 1090. The summed E-state index contributed by atoms with van der Waals surface area (Å²) in [6.07, 6.45) is 2.87. The third-order valence-corrected chi connectivity index (χ3v) is 4.97. The Morgan fingerprint density at radius 2 is 1.96 bits per heavy atom. The van der Waals surface area contributed by atoms with Gasteiger partial charge in [-0.3, -0.25) is 9.59 Å². The molecule has 0 aliphatic carbocycles. The zero-order valence-electron chi connectivity index (χ0n) is 15.0. The van der Waals surface area contributed by atoms with Gasteiger partial charge in [0.05, 0.1) is 0 Å². The summed E-state index contributed by atoms with van der Waals surface area (Å²) >= 11 is 0. The Morgan fingerprint density at radius 3 is 2.79 bits per heavy atom. The van der Waals surface area contributed by atoms with Crippen LogP contribution in [0.25, 0.3) is 10.9 Å². The van der Waals surface area contributed by atoms with Crippen molar-refractivity contribution in [3.8, 4) is 0 Å². The summed E-state index contributed by atoms with van der Waals surface area (Å²) in [7, 11) is 0. The summed E-state index contributed by atoms with van der Waals surface area (Å²) in [5, 5.41) is 15.9. The van der Waals surface area contributed by atoms with E-state index in [0.29, 0.717) is 24.1 Å². The van der Waals surface area contributed by atoms with Gasteiger partial charge < -0.3 is 20.7 Å². The summed E-state index contributed by atoms with van der Waals surface area (Å²) in [4.78, 5) is 38.9. The van der Waals surface area contributed by atoms with Gasteiger partial charge in [-0.1, -0.05) is 18.2 Å². The van der Waals surface area contributed by atoms with Gasteiger partial charge in [-0.15, -0.1) is 0 Å². The number of carbonyl (C=O) groups excluding carboxylic acids is 2. The van der Waals surface area contributed by atoms with Crippen molar-refractivity contribution in [1.82, 2.24) is 10.3 Å². The van der Waals surface area contributed by atoms with Crippen LogP contribution in [0.1, 0.15) is 27.9 Å². The molecule has 2 amide bonds. The molecule has 1 unspecified atom stereocenters. The van der Waals surface area contributed by atoms with Crippen molar-refractivity contribution < 1.29 is 19.5 Å². The summed E-state index contributed by atoms with van der Waals surface area (Å²) < 4.78 is 0. The lowest BCUT2D eigenvalue weighted by Gasteiger charge is -2.18. The zero-order valence-corrected chi connectivity index (χ0v) is 15.0. The fourth-order valence-electron chi connectivity index (χ4n) is 3.49. The molecular formula is C21H19N3O4. The van der Waals surface area contributed by atoms with E-state index in [2.05, 4.69) is 15.6 Å². The number of fused-ring (bicyclic) bond motifs is 2. The van der Waals surface area contributed by atoms with E-state index in [1.807, 2.05) is 24.3 Å². The molecule has 3 aromatic rings. The Labute approximate surface area is 160 Å². The normalized spacial score (nSPS) is 14.2. The van der Waals surface area contributed by atoms with Crippen LogP contribution in [-0.4, -0.2) is 33.9 Å². The van der Waals surface area contributed by atoms with E-state index in [1.165, 1.54) is 0 Å². The molecule has 0 spiro atoms. The van der Waals surface area contributed by atoms with Gasteiger partial charge in [-0.05, 0) is 41.8 Å². The molecule has 7 heteroatoms. The van der Waals surface area contributed by atoms with Crippen LogP contribution in [0.3, 0.4) is 0 Å². The van der Waals surface area contributed by atoms with E-state index in [0.717, 1.165) is 22.0 Å². The van der Waals surface area contributed by atoms with Gasteiger partial charge in [0.25, 0.3) is 5.91 Å². The lowest BCUT2D eigenvalue weighted by molar-refractivity contribution is -0.139. The molecule has 0 fully saturated rings. The van der Waals surface area contributed by atoms with Crippen LogP contribution in [0.2, 0.25) is 0 Å². The molecule has 4 N–H and O–H groups in total. The molecule has 7 nitrogen and oxygen atoms in total. The number of para-hydroxylation sites is 1. The first kappa shape index (κ1) is 17.8. The number of aliphatic carboxylic acids is 1. The molecule has 142 valence electrons. The van der Waals surface area contributed by atoms with E-state index >= 15 is 0 Å². The number of anilines is 1. The predicted molar refractivity (Wildman–Crippen MR) is 104 cm³/mol. The zero-order chi connectivity index (χ0) is 19.7. The number of aryl methyl sites for hydroxylation is 1. The third-order valence-electron chi connectivity index (χ3n) is 4.97. The topological polar surface area (TPSA) is 111 Å². The van der Waals surface area contributed by atoms with Gasteiger partial charge in [0, 0.05) is 41.2 Å². The highest BCUT2D eigenvalue weighted by molar-refractivity contribution is 5.99. The number of aromatic amines is 1. The third kappa shape index (κ3) is 3.46. The van der Waals surface area contributed by atoms with Crippen molar-refractivity contribution in [3.05, 3.63) is 65.4 Å². The quantitative estimate of drug-likeness (QED) is 0.547. The second-order valence-corrected chi connectivity index (χ2v) is 6.85. The van der Waals surface area contributed by atoms with Crippen LogP contribution >= 0.6 is 0 Å². The molecule has 0 radical (unpaired) electrons. The van der Waals surface area contributed by atoms with Crippen molar-refractivity contribution in [2.75, 3.05) is 5.32 Å². The lowest BCUT2D eigenvalue weighted by atomic mass is 9.99. The summed E-state index contributed by atoms with van der Waals surface area (Å²) in [6.45, 7) is 0. The molecule has 2 aromatic carbocycles. The van der Waals surface area contributed by atoms with Crippen LogP contribution < -0.4 is 10.6 Å². The number of carbonyl (C=O) groups is 3. The van der Waals surface area contributed by atoms with Crippen molar-refractivity contribution in [2.45, 2.75) is 25.3 Å². The second kappa shape index (κ2) is 7.19. The fourth-order valence-corrected chi connectivity index (χ4v) is 3.49. The Balaban J connectivity index is 1.53. The number of rotatable bonds is 5. The predicted octanol–water partition coefficient (Wildman–Crippen LogP) is 2.48. The minimum Gasteiger partial charge on any atom is -0.480 e. The van der Waals surface area contributed by atoms with Crippen LogP contribution in [0.4, 0.5) is 5.69 Å². The molecule has 1 aliphatic rings. The highest BCUT2D eigenvalue weighted by Crippen LogP contribution is 2.24. The summed E-state index contributed by atoms with van der Waals surface area (Å²) in [6, 6.07) is 11.5. The van der Waals surface area contributed by atoms with Crippen molar-refractivity contribution in [3.63, 3.8) is 0 Å². The maximum absolute atomic E-state index is 12.6. The monoisotopic (exact) mass is 377 g/mol. The van der Waals surface area contributed by atoms with Gasteiger partial charge in [0.1, 0.15) is 6.04 Å². The number of benzene rings is 2. The first-order valence-electron chi connectivity index (χ1n) is 9.02. The average molecular weight is 377 g/mol. The molecular weight excluding hydrogens is 358 g/mol. The second-order valence-electron chi connectivity index (χ2n) is 6.85. The average Bonchev–Trinajstić information content (AvgIpc) is 3.10. The number of hydrogen-bond acceptors (Lipinski definition) is 3. The number of nitrogens with one attached hydrogen (secondary N) is 3. The number of H-pyrrole nitrogens is 1. The number of carboxylic acid groups (broad SMARTS) is 1. The van der Waals surface area contributed by atoms with Crippen LogP contribution in [-0.2, 0) is 22.4 Å². The molecule has 1 aromatic heterocycles. The minimum absolute atomic E-state index is 0.0469. The molecule has 4 rings (SSSR count). The number of carboxylic acids is 1. The van der Waals surface area contributed by atoms with Crippen molar-refractivity contribution >= 4 is 34.4 Å². The highest BCUT2D eigenvalue weighted by atomic mass is 16.4. The number of amides is 2. The Hall–Kier alpha value is -3.61. The Morgan fingerprint density at radius 1 is 1.14 bits per heavy atom. The molecule has 0 saturated carbocycles. The van der Waals surface area contributed by atoms with Crippen molar-refractivity contribution in [2.24, 2.45) is 0 Å². The highest BCUT2D eigenvalue weighted by Gasteiger charge is 2.23. The maximum Gasteiger partial charge on any atom is 0.326 e. The summed E-state index contributed by atoms with van der Waals surface area (Å²) in [5.74, 6) is -1.59. The standard InChI is InChI=1S/C21H19N3O4/c25-19-8-6-12-9-13(5-7-16(12)23-19)20(26)24-18(21(27)28)10-14-11-22-17-4-2-1-3-15(14)17/h1-5,7,9,11,18,22H,6,8,10H2,(H,23,25)(H,24,26)(H,27,28). The van der Waals surface area contributed by atoms with E-state index in [4.69, 9.17) is 0 Å². The molecule has 1 aliphatic heterocycles. The largest absolute Gasteiger partial charge is 0.480 e. The van der Waals surface area contributed by atoms with Gasteiger partial charge in [0.2, 0.25) is 5.91 Å². The summed E-state index contributed by atoms with van der Waals surface area (Å²) in [5.41, 5.74) is 3.69. The molecule has 28 heavy (non-hydrogen) atoms. The number of hydrogen-bond donors (Lipinski definition) is 4. The van der Waals surface area contributed by atoms with Crippen LogP contribution in [0, 0.1) is 0 Å². The fraction of sp³-hybridized carbons (Fsp3) is 0.190. The van der Waals surface area contributed by atoms with Gasteiger partial charge in [0.15, 0.2) is 0 Å². The van der Waals surface area contributed by atoms with Gasteiger partial charge >= 0.3 is 5.97 Å². The first-order chi connectivity index (χ1) is 13.5. The van der Waals surface area contributed by atoms with Crippen molar-refractivity contribution in [1.29, 1.82) is 0 Å². The molecule has 2 heterocycles. The number of aromatic nitrogens is 1. The minimum atomic E-state index is -1.09. The van der Waals surface area contributed by atoms with Gasteiger partial charge in [-0.2, -0.15) is 0 Å². The lowest BCUT2D eigenvalue weighted by Crippen LogP contribution is -2.42. The van der Waals surface area contributed by atoms with E-state index in [1.54, 1.807) is 24.4 Å². The van der Waals surface area contributed by atoms with E-state index < -0.39 is 17.9 Å². The maximum atomic E-state index is 12.6. The Kier molecular flexibility index (Phi) is 4.57. The van der Waals surface area contributed by atoms with Crippen LogP contribution in [0.15, 0.2) is 48.7 Å². The molecule has 0 saturated heterocycles. The molecule has 1 atom stereocenters. The smallest absolute Gasteiger partial charge is 0.326 e. The van der Waals surface area contributed by atoms with E-state index in [-0.39, 0.29) is 12.3 Å². The SMILES string of the molecule is O=C1CCc2cc(C(=O)NC(Cc3c[nH]c4ccccc34)C(=O)O)ccc2N1.